The first-order chi connectivity index (χ1) is 25.9. The molecule has 274 valence electrons. The van der Waals surface area contributed by atoms with Gasteiger partial charge in [-0.1, -0.05) is 134 Å². The lowest BCUT2D eigenvalue weighted by molar-refractivity contribution is -0.276. The molecule has 0 spiro atoms. The van der Waals surface area contributed by atoms with Crippen LogP contribution in [0, 0.1) is 5.92 Å². The third kappa shape index (κ3) is 10.4. The van der Waals surface area contributed by atoms with Crippen LogP contribution in [0.2, 0.25) is 0 Å². The third-order valence-electron chi connectivity index (χ3n) is 9.57. The summed E-state index contributed by atoms with van der Waals surface area (Å²) in [6.45, 7) is 4.32. The van der Waals surface area contributed by atoms with Crippen molar-refractivity contribution >= 4 is 17.7 Å². The molecule has 1 aliphatic heterocycles. The predicted octanol–water partition coefficient (Wildman–Crippen LogP) is 7.58. The molecule has 0 aliphatic carbocycles. The number of amides is 2. The van der Waals surface area contributed by atoms with Crippen molar-refractivity contribution in [2.24, 2.45) is 5.92 Å². The van der Waals surface area contributed by atoms with Gasteiger partial charge < -0.3 is 30.0 Å². The highest BCUT2D eigenvalue weighted by molar-refractivity contribution is 5.92. The first kappa shape index (κ1) is 37.4. The van der Waals surface area contributed by atoms with Gasteiger partial charge in [0.1, 0.15) is 6.04 Å². The van der Waals surface area contributed by atoms with E-state index in [1.165, 1.54) is 18.2 Å². The molecule has 0 radical (unpaired) electrons. The van der Waals surface area contributed by atoms with Crippen LogP contribution >= 0.6 is 0 Å². The quantitative estimate of drug-likeness (QED) is 0.102. The van der Waals surface area contributed by atoms with Gasteiger partial charge in [0.2, 0.25) is 0 Å². The maximum atomic E-state index is 13.0. The SMILES string of the molecule is COC(=O)[C@H](Cc1ccccc1)NC(=O)Nc1ccc([C@@H]2O[C@H](CN(Cc3ccccc3)Cc3ccccc3)[C@H](C)[C@H](c3ccc(CO)cc3)O2)cc1. The van der Waals surface area contributed by atoms with E-state index in [9.17, 15) is 14.7 Å². The average Bonchev–Trinajstić information content (AvgIpc) is 3.19. The van der Waals surface area contributed by atoms with Crippen molar-refractivity contribution in [1.82, 2.24) is 10.2 Å². The zero-order valence-corrected chi connectivity index (χ0v) is 30.1. The number of rotatable bonds is 14. The molecule has 0 bridgehead atoms. The second kappa shape index (κ2) is 18.4. The molecule has 1 fully saturated rings. The number of aliphatic hydroxyl groups is 1. The Kier molecular flexibility index (Phi) is 13.0. The van der Waals surface area contributed by atoms with Gasteiger partial charge in [-0.25, -0.2) is 9.59 Å². The van der Waals surface area contributed by atoms with Crippen molar-refractivity contribution in [3.8, 4) is 0 Å². The molecule has 5 aromatic carbocycles. The Morgan fingerprint density at radius 3 is 1.81 bits per heavy atom. The molecule has 53 heavy (non-hydrogen) atoms. The van der Waals surface area contributed by atoms with Crippen molar-refractivity contribution in [1.29, 1.82) is 0 Å². The van der Waals surface area contributed by atoms with E-state index in [0.717, 1.165) is 35.3 Å². The van der Waals surface area contributed by atoms with Gasteiger partial charge in [0.25, 0.3) is 0 Å². The van der Waals surface area contributed by atoms with Crippen LogP contribution < -0.4 is 10.6 Å². The van der Waals surface area contributed by atoms with Crippen LogP contribution in [-0.2, 0) is 45.1 Å². The third-order valence-corrected chi connectivity index (χ3v) is 9.57. The summed E-state index contributed by atoms with van der Waals surface area (Å²) in [5.74, 6) is -0.523. The van der Waals surface area contributed by atoms with Crippen molar-refractivity contribution < 1.29 is 28.9 Å². The molecular weight excluding hydrogens is 666 g/mol. The fourth-order valence-electron chi connectivity index (χ4n) is 6.69. The fraction of sp³-hybridized carbons (Fsp3) is 0.273. The molecule has 1 saturated heterocycles. The summed E-state index contributed by atoms with van der Waals surface area (Å²) in [5, 5.41) is 15.3. The fourth-order valence-corrected chi connectivity index (χ4v) is 6.69. The summed E-state index contributed by atoms with van der Waals surface area (Å²) in [4.78, 5) is 27.9. The predicted molar refractivity (Wildman–Crippen MR) is 205 cm³/mol. The number of anilines is 1. The van der Waals surface area contributed by atoms with E-state index < -0.39 is 24.3 Å². The number of hydrogen-bond acceptors (Lipinski definition) is 7. The molecule has 5 atom stereocenters. The van der Waals surface area contributed by atoms with Crippen LogP contribution in [-0.4, -0.2) is 47.8 Å². The number of hydrogen-bond donors (Lipinski definition) is 3. The molecule has 1 heterocycles. The lowest BCUT2D eigenvalue weighted by Gasteiger charge is -2.43. The van der Waals surface area contributed by atoms with Crippen LogP contribution in [0.3, 0.4) is 0 Å². The Labute approximate surface area is 311 Å². The van der Waals surface area contributed by atoms with Gasteiger partial charge in [-0.15, -0.1) is 0 Å². The van der Waals surface area contributed by atoms with Crippen LogP contribution in [0.25, 0.3) is 0 Å². The van der Waals surface area contributed by atoms with E-state index in [0.29, 0.717) is 18.7 Å². The Hall–Kier alpha value is -5.32. The number of nitrogens with one attached hydrogen (secondary N) is 2. The second-order valence-corrected chi connectivity index (χ2v) is 13.4. The molecule has 0 unspecified atom stereocenters. The molecule has 6 rings (SSSR count). The maximum absolute atomic E-state index is 13.0. The van der Waals surface area contributed by atoms with Crippen LogP contribution in [0.15, 0.2) is 140 Å². The maximum Gasteiger partial charge on any atom is 0.328 e. The van der Waals surface area contributed by atoms with Crippen molar-refractivity contribution in [3.05, 3.63) is 173 Å². The molecule has 5 aromatic rings. The number of nitrogens with zero attached hydrogens (tertiary/aromatic N) is 1. The molecule has 3 N–H and O–H groups in total. The number of carbonyl (C=O) groups excluding carboxylic acids is 2. The number of esters is 1. The summed E-state index contributed by atoms with van der Waals surface area (Å²) < 4.78 is 18.5. The van der Waals surface area contributed by atoms with E-state index in [-0.39, 0.29) is 24.7 Å². The van der Waals surface area contributed by atoms with Crippen LogP contribution in [0.4, 0.5) is 10.5 Å². The van der Waals surface area contributed by atoms with E-state index in [1.807, 2.05) is 78.9 Å². The molecule has 0 aromatic heterocycles. The van der Waals surface area contributed by atoms with E-state index in [1.54, 1.807) is 12.1 Å². The summed E-state index contributed by atoms with van der Waals surface area (Å²) in [7, 11) is 1.30. The number of urea groups is 1. The van der Waals surface area contributed by atoms with Crippen LogP contribution in [0.5, 0.6) is 0 Å². The normalized spacial score (nSPS) is 18.9. The van der Waals surface area contributed by atoms with E-state index in [4.69, 9.17) is 14.2 Å². The first-order valence-corrected chi connectivity index (χ1v) is 18.0. The van der Waals surface area contributed by atoms with Gasteiger partial charge in [0.15, 0.2) is 6.29 Å². The van der Waals surface area contributed by atoms with Crippen molar-refractivity contribution in [3.63, 3.8) is 0 Å². The first-order valence-electron chi connectivity index (χ1n) is 18.0. The highest BCUT2D eigenvalue weighted by atomic mass is 16.7. The highest BCUT2D eigenvalue weighted by Gasteiger charge is 2.39. The van der Waals surface area contributed by atoms with Gasteiger partial charge in [-0.3, -0.25) is 4.90 Å². The number of carbonyl (C=O) groups is 2. The molecule has 9 nitrogen and oxygen atoms in total. The number of methoxy groups -OCH3 is 1. The standard InChI is InChI=1S/C44H47N3O6/c1-31-40(29-47(27-33-14-8-4-9-15-33)28-34-16-10-5-11-17-34)52-43(53-41(31)36-20-18-35(30-48)19-21-36)37-22-24-38(25-23-37)45-44(50)46-39(42(49)51-2)26-32-12-6-3-7-13-32/h3-25,31,39-41,43,48H,26-30H2,1-2H3,(H2,45,46,50)/t31-,39-,40+,41+,43+/m0/s1. The van der Waals surface area contributed by atoms with Gasteiger partial charge in [-0.2, -0.15) is 0 Å². The number of aliphatic hydroxyl groups excluding tert-OH is 1. The Morgan fingerprint density at radius 1 is 0.717 bits per heavy atom. The summed E-state index contributed by atoms with van der Waals surface area (Å²) >= 11 is 0. The smallest absolute Gasteiger partial charge is 0.328 e. The topological polar surface area (TPSA) is 109 Å². The average molecular weight is 714 g/mol. The minimum atomic E-state index is -0.851. The van der Waals surface area contributed by atoms with Crippen LogP contribution in [0.1, 0.15) is 52.7 Å². The van der Waals surface area contributed by atoms with Gasteiger partial charge in [0.05, 0.1) is 25.9 Å². The zero-order valence-electron chi connectivity index (χ0n) is 30.1. The largest absolute Gasteiger partial charge is 0.467 e. The van der Waals surface area contributed by atoms with E-state index >= 15 is 0 Å². The zero-order chi connectivity index (χ0) is 37.0. The summed E-state index contributed by atoms with van der Waals surface area (Å²) in [6, 6.07) is 44.2. The van der Waals surface area contributed by atoms with Gasteiger partial charge in [-0.05, 0) is 39.9 Å². The molecular formula is C44H47N3O6. The summed E-state index contributed by atoms with van der Waals surface area (Å²) in [6.07, 6.45) is -0.836. The van der Waals surface area contributed by atoms with Gasteiger partial charge >= 0.3 is 12.0 Å². The number of ether oxygens (including phenoxy) is 3. The lowest BCUT2D eigenvalue weighted by Crippen LogP contribution is -2.45. The van der Waals surface area contributed by atoms with Crippen molar-refractivity contribution in [2.75, 3.05) is 19.0 Å². The molecule has 0 saturated carbocycles. The molecule has 1 aliphatic rings. The Balaban J connectivity index is 1.20. The highest BCUT2D eigenvalue weighted by Crippen LogP contribution is 2.42. The van der Waals surface area contributed by atoms with Crippen molar-refractivity contribution in [2.45, 2.75) is 57.6 Å². The molecule has 2 amide bonds. The Morgan fingerprint density at radius 2 is 1.26 bits per heavy atom. The minimum Gasteiger partial charge on any atom is -0.467 e. The molecule has 9 heteroatoms. The van der Waals surface area contributed by atoms with E-state index in [2.05, 4.69) is 71.0 Å². The lowest BCUT2D eigenvalue weighted by atomic mass is 9.89. The number of benzene rings is 5. The minimum absolute atomic E-state index is 0.00329. The van der Waals surface area contributed by atoms with Gasteiger partial charge in [0, 0.05) is 43.2 Å². The monoisotopic (exact) mass is 713 g/mol. The Bertz CT molecular complexity index is 1830. The second-order valence-electron chi connectivity index (χ2n) is 13.4. The summed E-state index contributed by atoms with van der Waals surface area (Å²) in [5.41, 5.74) is 6.54.